The third-order valence-electron chi connectivity index (χ3n) is 2.64. The molecule has 8 heteroatoms. The summed E-state index contributed by atoms with van der Waals surface area (Å²) in [6.07, 6.45) is -3.43. The Morgan fingerprint density at radius 3 is 2.43 bits per heavy atom. The summed E-state index contributed by atoms with van der Waals surface area (Å²) in [7, 11) is 1.62. The van der Waals surface area contributed by atoms with Crippen LogP contribution in [0.1, 0.15) is 37.9 Å². The molecule has 4 nitrogen and oxygen atoms in total. The summed E-state index contributed by atoms with van der Waals surface area (Å²) in [5.41, 5.74) is -0.636. The van der Waals surface area contributed by atoms with Crippen molar-refractivity contribution >= 4 is 17.3 Å². The number of alkyl halides is 3. The number of hydrogen-bond acceptors (Lipinski definition) is 3. The van der Waals surface area contributed by atoms with Crippen LogP contribution in [0, 0.1) is 5.41 Å². The molecular weight excluding hydrogens is 301 g/mol. The highest BCUT2D eigenvalue weighted by atomic mass is 32.1. The van der Waals surface area contributed by atoms with Gasteiger partial charge in [0, 0.05) is 19.0 Å². The number of halogens is 3. The maximum absolute atomic E-state index is 12.4. The molecule has 0 fully saturated rings. The fourth-order valence-electron chi connectivity index (χ4n) is 1.46. The van der Waals surface area contributed by atoms with Gasteiger partial charge < -0.3 is 10.6 Å². The molecule has 1 aromatic heterocycles. The number of guanidine groups is 1. The SMILES string of the molecule is CN=C(NCCC(C)(C)C)NCc1nc(C(F)(F)F)cs1. The van der Waals surface area contributed by atoms with Crippen molar-refractivity contribution < 1.29 is 13.2 Å². The Labute approximate surface area is 126 Å². The Kier molecular flexibility index (Phi) is 6.00. The van der Waals surface area contributed by atoms with Gasteiger partial charge in [0.15, 0.2) is 11.7 Å². The zero-order valence-electron chi connectivity index (χ0n) is 12.6. The lowest BCUT2D eigenvalue weighted by Crippen LogP contribution is -2.38. The van der Waals surface area contributed by atoms with E-state index < -0.39 is 11.9 Å². The molecular formula is C13H21F3N4S. The fourth-order valence-corrected chi connectivity index (χ4v) is 2.20. The lowest BCUT2D eigenvalue weighted by atomic mass is 9.92. The van der Waals surface area contributed by atoms with Gasteiger partial charge in [-0.15, -0.1) is 11.3 Å². The molecule has 2 N–H and O–H groups in total. The van der Waals surface area contributed by atoms with Gasteiger partial charge in [-0.25, -0.2) is 4.98 Å². The summed E-state index contributed by atoms with van der Waals surface area (Å²) in [5, 5.41) is 7.48. The van der Waals surface area contributed by atoms with E-state index in [-0.39, 0.29) is 12.0 Å². The first-order valence-electron chi connectivity index (χ1n) is 6.58. The van der Waals surface area contributed by atoms with E-state index in [9.17, 15) is 13.2 Å². The monoisotopic (exact) mass is 322 g/mol. The molecule has 0 radical (unpaired) electrons. The van der Waals surface area contributed by atoms with E-state index in [1.807, 2.05) is 0 Å². The van der Waals surface area contributed by atoms with Crippen LogP contribution >= 0.6 is 11.3 Å². The van der Waals surface area contributed by atoms with Gasteiger partial charge in [-0.1, -0.05) is 20.8 Å². The van der Waals surface area contributed by atoms with Crippen LogP contribution in [-0.4, -0.2) is 24.5 Å². The predicted octanol–water partition coefficient (Wildman–Crippen LogP) is 3.26. The van der Waals surface area contributed by atoms with E-state index in [1.54, 1.807) is 7.05 Å². The highest BCUT2D eigenvalue weighted by Crippen LogP contribution is 2.29. The molecule has 0 aliphatic heterocycles. The summed E-state index contributed by atoms with van der Waals surface area (Å²) >= 11 is 0.981. The van der Waals surface area contributed by atoms with Crippen molar-refractivity contribution in [1.82, 2.24) is 15.6 Å². The van der Waals surface area contributed by atoms with Crippen LogP contribution < -0.4 is 10.6 Å². The second-order valence-electron chi connectivity index (χ2n) is 5.79. The second kappa shape index (κ2) is 7.11. The van der Waals surface area contributed by atoms with Gasteiger partial charge in [-0.3, -0.25) is 4.99 Å². The van der Waals surface area contributed by atoms with Crippen molar-refractivity contribution in [3.63, 3.8) is 0 Å². The van der Waals surface area contributed by atoms with E-state index in [2.05, 4.69) is 41.4 Å². The highest BCUT2D eigenvalue weighted by Gasteiger charge is 2.33. The first-order valence-corrected chi connectivity index (χ1v) is 7.46. The minimum Gasteiger partial charge on any atom is -0.356 e. The Balaban J connectivity index is 2.44. The van der Waals surface area contributed by atoms with Crippen molar-refractivity contribution in [2.75, 3.05) is 13.6 Å². The molecule has 0 saturated heterocycles. The quantitative estimate of drug-likeness (QED) is 0.661. The van der Waals surface area contributed by atoms with Crippen molar-refractivity contribution in [2.24, 2.45) is 10.4 Å². The van der Waals surface area contributed by atoms with Crippen molar-refractivity contribution in [3.8, 4) is 0 Å². The van der Waals surface area contributed by atoms with E-state index in [0.29, 0.717) is 11.0 Å². The van der Waals surface area contributed by atoms with E-state index in [4.69, 9.17) is 0 Å². The molecule has 0 spiro atoms. The average molecular weight is 322 g/mol. The molecule has 0 amide bonds. The second-order valence-corrected chi connectivity index (χ2v) is 6.73. The molecule has 21 heavy (non-hydrogen) atoms. The van der Waals surface area contributed by atoms with Gasteiger partial charge >= 0.3 is 6.18 Å². The van der Waals surface area contributed by atoms with Gasteiger partial charge in [0.1, 0.15) is 5.01 Å². The van der Waals surface area contributed by atoms with Gasteiger partial charge in [-0.05, 0) is 11.8 Å². The summed E-state index contributed by atoms with van der Waals surface area (Å²) in [4.78, 5) is 7.58. The van der Waals surface area contributed by atoms with Gasteiger partial charge in [-0.2, -0.15) is 13.2 Å². The number of aliphatic imine (C=N–C) groups is 1. The molecule has 0 aliphatic carbocycles. The van der Waals surface area contributed by atoms with Crippen LogP contribution in [0.15, 0.2) is 10.4 Å². The molecule has 0 atom stereocenters. The molecule has 1 rings (SSSR count). The summed E-state index contributed by atoms with van der Waals surface area (Å²) < 4.78 is 37.3. The first-order chi connectivity index (χ1) is 9.62. The van der Waals surface area contributed by atoms with Crippen LogP contribution in [0.25, 0.3) is 0 Å². The van der Waals surface area contributed by atoms with Crippen LogP contribution in [0.4, 0.5) is 13.2 Å². The van der Waals surface area contributed by atoms with E-state index in [0.717, 1.165) is 29.7 Å². The average Bonchev–Trinajstić information content (AvgIpc) is 2.80. The zero-order chi connectivity index (χ0) is 16.1. The van der Waals surface area contributed by atoms with E-state index in [1.165, 1.54) is 0 Å². The summed E-state index contributed by atoms with van der Waals surface area (Å²) in [5.74, 6) is 0.558. The van der Waals surface area contributed by atoms with Gasteiger partial charge in [0.25, 0.3) is 0 Å². The van der Waals surface area contributed by atoms with Crippen LogP contribution in [0.5, 0.6) is 0 Å². The Morgan fingerprint density at radius 1 is 1.29 bits per heavy atom. The maximum Gasteiger partial charge on any atom is 0.434 e. The smallest absolute Gasteiger partial charge is 0.356 e. The molecule has 1 heterocycles. The standard InChI is InChI=1S/C13H21F3N4S/c1-12(2,3)5-6-18-11(17-4)19-7-10-20-9(8-21-10)13(14,15)16/h8H,5-7H2,1-4H3,(H2,17,18,19). The molecule has 0 bridgehead atoms. The minimum atomic E-state index is -4.39. The van der Waals surface area contributed by atoms with Crippen molar-refractivity contribution in [2.45, 2.75) is 39.9 Å². The minimum absolute atomic E-state index is 0.211. The number of thiazole rings is 1. The van der Waals surface area contributed by atoms with E-state index >= 15 is 0 Å². The number of aromatic nitrogens is 1. The molecule has 0 unspecified atom stereocenters. The Morgan fingerprint density at radius 2 is 1.95 bits per heavy atom. The molecule has 1 aromatic rings. The molecule has 0 saturated carbocycles. The Hall–Kier alpha value is -1.31. The summed E-state index contributed by atoms with van der Waals surface area (Å²) in [6, 6.07) is 0. The zero-order valence-corrected chi connectivity index (χ0v) is 13.5. The lowest BCUT2D eigenvalue weighted by Gasteiger charge is -2.19. The highest BCUT2D eigenvalue weighted by molar-refractivity contribution is 7.09. The van der Waals surface area contributed by atoms with Crippen LogP contribution in [-0.2, 0) is 12.7 Å². The van der Waals surface area contributed by atoms with Crippen LogP contribution in [0.3, 0.4) is 0 Å². The molecule has 120 valence electrons. The van der Waals surface area contributed by atoms with Crippen LogP contribution in [0.2, 0.25) is 0 Å². The maximum atomic E-state index is 12.4. The number of nitrogens with one attached hydrogen (secondary N) is 2. The van der Waals surface area contributed by atoms with Crippen molar-refractivity contribution in [3.05, 3.63) is 16.1 Å². The van der Waals surface area contributed by atoms with Gasteiger partial charge in [0.2, 0.25) is 0 Å². The number of rotatable bonds is 4. The fraction of sp³-hybridized carbons (Fsp3) is 0.692. The number of nitrogens with zero attached hydrogens (tertiary/aromatic N) is 2. The normalized spacial score (nSPS) is 13.4. The van der Waals surface area contributed by atoms with Crippen molar-refractivity contribution in [1.29, 1.82) is 0 Å². The van der Waals surface area contributed by atoms with Gasteiger partial charge in [0.05, 0.1) is 6.54 Å². The summed E-state index contributed by atoms with van der Waals surface area (Å²) in [6.45, 7) is 7.38. The number of hydrogen-bond donors (Lipinski definition) is 2. The third kappa shape index (κ3) is 6.79. The first kappa shape index (κ1) is 17.7. The largest absolute Gasteiger partial charge is 0.434 e. The lowest BCUT2D eigenvalue weighted by molar-refractivity contribution is -0.140. The topological polar surface area (TPSA) is 49.3 Å². The predicted molar refractivity (Wildman–Crippen MR) is 79.4 cm³/mol. The Bertz CT molecular complexity index is 474. The molecule has 0 aromatic carbocycles. The third-order valence-corrected chi connectivity index (χ3v) is 3.49. The molecule has 0 aliphatic rings.